The third-order valence-corrected chi connectivity index (χ3v) is 6.27. The van der Waals surface area contributed by atoms with E-state index in [0.717, 1.165) is 11.1 Å². The number of carbonyl (C=O) groups excluding carboxylic acids is 1. The lowest BCUT2D eigenvalue weighted by Gasteiger charge is -2.39. The molecule has 3 aromatic rings. The molecule has 1 aliphatic rings. The van der Waals surface area contributed by atoms with Gasteiger partial charge in [0.15, 0.2) is 5.78 Å². The first kappa shape index (κ1) is 20.3. The van der Waals surface area contributed by atoms with E-state index in [1.54, 1.807) is 18.2 Å². The van der Waals surface area contributed by atoms with Crippen molar-refractivity contribution in [2.75, 3.05) is 0 Å². The van der Waals surface area contributed by atoms with Crippen LogP contribution in [0.5, 0.6) is 0 Å². The molecular weight excluding hydrogens is 415 g/mol. The number of hydrogen-bond acceptors (Lipinski definition) is 3. The smallest absolute Gasteiger partial charge is 0.154 e. The van der Waals surface area contributed by atoms with Crippen LogP contribution < -0.4 is 0 Å². The quantitative estimate of drug-likeness (QED) is 0.520. The molecule has 0 saturated heterocycles. The Kier molecular flexibility index (Phi) is 5.72. The number of Topliss-reactive ketones (excluding diaryl/α,β-unsaturated/α-hetero) is 1. The number of nitrogens with one attached hydrogen (secondary N) is 1. The van der Waals surface area contributed by atoms with Gasteiger partial charge in [-0.2, -0.15) is 5.26 Å². The van der Waals surface area contributed by atoms with Crippen molar-refractivity contribution >= 4 is 34.7 Å². The van der Waals surface area contributed by atoms with Crippen LogP contribution >= 0.6 is 23.2 Å². The molecule has 0 aromatic heterocycles. The molecule has 0 spiro atoms. The lowest BCUT2D eigenvalue weighted by Crippen LogP contribution is -2.43. The second-order valence-electron chi connectivity index (χ2n) is 7.39. The summed E-state index contributed by atoms with van der Waals surface area (Å²) >= 11 is 12.6. The molecule has 4 rings (SSSR count). The van der Waals surface area contributed by atoms with E-state index in [-0.39, 0.29) is 11.5 Å². The fraction of sp³-hybridized carbons (Fsp3) is 0.160. The molecule has 3 aromatic carbocycles. The second kappa shape index (κ2) is 8.44. The van der Waals surface area contributed by atoms with E-state index < -0.39 is 23.7 Å². The minimum Gasteiger partial charge on any atom is -0.307 e. The molecule has 3 nitrogen and oxygen atoms in total. The topological polar surface area (TPSA) is 64.7 Å². The highest BCUT2D eigenvalue weighted by Gasteiger charge is 2.49. The molecule has 0 amide bonds. The fourth-order valence-corrected chi connectivity index (χ4v) is 4.91. The molecule has 0 aliphatic heterocycles. The monoisotopic (exact) mass is 432 g/mol. The summed E-state index contributed by atoms with van der Waals surface area (Å²) < 4.78 is 0. The number of ketones is 1. The van der Waals surface area contributed by atoms with Crippen LogP contribution in [0.25, 0.3) is 0 Å². The molecular formula is C25H18Cl2N2O. The summed E-state index contributed by atoms with van der Waals surface area (Å²) in [5.41, 5.74) is 2.31. The second-order valence-corrected chi connectivity index (χ2v) is 8.23. The van der Waals surface area contributed by atoms with Crippen LogP contribution in [0.1, 0.15) is 34.4 Å². The molecule has 1 aliphatic carbocycles. The minimum atomic E-state index is -0.795. The highest BCUT2D eigenvalue weighted by atomic mass is 35.5. The number of nitrogens with zero attached hydrogens (tertiary/aromatic N) is 1. The molecule has 0 radical (unpaired) electrons. The Bertz CT molecular complexity index is 1140. The zero-order valence-corrected chi connectivity index (χ0v) is 17.4. The highest BCUT2D eigenvalue weighted by Crippen LogP contribution is 2.50. The summed E-state index contributed by atoms with van der Waals surface area (Å²) in [6.45, 7) is 0. The summed E-state index contributed by atoms with van der Waals surface area (Å²) in [4.78, 5) is 13.8. The Morgan fingerprint density at radius 3 is 2.03 bits per heavy atom. The maximum atomic E-state index is 13.8. The fourth-order valence-electron chi connectivity index (χ4n) is 4.38. The Hall–Kier alpha value is -2.93. The van der Waals surface area contributed by atoms with Gasteiger partial charge in [0, 0.05) is 21.7 Å². The minimum absolute atomic E-state index is 0.0973. The van der Waals surface area contributed by atoms with E-state index in [0.29, 0.717) is 15.6 Å². The predicted molar refractivity (Wildman–Crippen MR) is 119 cm³/mol. The summed E-state index contributed by atoms with van der Waals surface area (Å²) in [7, 11) is 0. The first-order valence-electron chi connectivity index (χ1n) is 9.59. The van der Waals surface area contributed by atoms with E-state index in [4.69, 9.17) is 28.6 Å². The SMILES string of the molecule is N#CC1C(=N)C(c2ccccc2)C(=O)C(c2ccccc2)C1c1ccc(Cl)cc1Cl. The Morgan fingerprint density at radius 1 is 0.867 bits per heavy atom. The van der Waals surface area contributed by atoms with Crippen LogP contribution in [-0.4, -0.2) is 11.5 Å². The molecule has 4 atom stereocenters. The maximum Gasteiger partial charge on any atom is 0.154 e. The standard InChI is InChI=1S/C25H18Cl2N2O/c26-17-11-12-18(20(27)13-17)23-19(14-28)24(29)22(16-9-5-2-6-10-16)25(30)21(23)15-7-3-1-4-8-15/h1-13,19,21-23,29H. The first-order valence-corrected chi connectivity index (χ1v) is 10.3. The molecule has 4 unspecified atom stereocenters. The van der Waals surface area contributed by atoms with Gasteiger partial charge in [0.25, 0.3) is 0 Å². The number of benzene rings is 3. The number of halogens is 2. The van der Waals surface area contributed by atoms with Crippen molar-refractivity contribution in [1.82, 2.24) is 0 Å². The van der Waals surface area contributed by atoms with Gasteiger partial charge in [0.1, 0.15) is 0 Å². The van der Waals surface area contributed by atoms with Gasteiger partial charge in [0.05, 0.1) is 23.8 Å². The lowest BCUT2D eigenvalue weighted by molar-refractivity contribution is -0.122. The summed E-state index contributed by atoms with van der Waals surface area (Å²) in [5.74, 6) is -2.82. The lowest BCUT2D eigenvalue weighted by atomic mass is 9.60. The van der Waals surface area contributed by atoms with Crippen LogP contribution in [0.15, 0.2) is 78.9 Å². The Balaban J connectivity index is 1.93. The maximum absolute atomic E-state index is 13.8. The predicted octanol–water partition coefficient (Wildman–Crippen LogP) is 6.39. The molecule has 30 heavy (non-hydrogen) atoms. The molecule has 1 N–H and O–H groups in total. The van der Waals surface area contributed by atoms with Crippen molar-refractivity contribution in [2.45, 2.75) is 17.8 Å². The van der Waals surface area contributed by atoms with Gasteiger partial charge in [-0.15, -0.1) is 0 Å². The number of nitriles is 1. The van der Waals surface area contributed by atoms with Crippen molar-refractivity contribution in [1.29, 1.82) is 10.7 Å². The summed E-state index contributed by atoms with van der Waals surface area (Å²) in [6, 6.07) is 26.0. The van der Waals surface area contributed by atoms with Crippen LogP contribution in [-0.2, 0) is 4.79 Å². The largest absolute Gasteiger partial charge is 0.307 e. The van der Waals surface area contributed by atoms with Gasteiger partial charge in [-0.05, 0) is 28.8 Å². The summed E-state index contributed by atoms with van der Waals surface area (Å²) in [6.07, 6.45) is 0. The van der Waals surface area contributed by atoms with E-state index in [9.17, 15) is 10.1 Å². The van der Waals surface area contributed by atoms with E-state index in [2.05, 4.69) is 6.07 Å². The third-order valence-electron chi connectivity index (χ3n) is 5.71. The zero-order valence-electron chi connectivity index (χ0n) is 15.9. The molecule has 1 saturated carbocycles. The summed E-state index contributed by atoms with van der Waals surface area (Å²) in [5, 5.41) is 19.8. The van der Waals surface area contributed by atoms with Crippen LogP contribution in [0.4, 0.5) is 0 Å². The number of carbonyl (C=O) groups is 1. The molecule has 5 heteroatoms. The average molecular weight is 433 g/mol. The van der Waals surface area contributed by atoms with E-state index in [1.807, 2.05) is 60.7 Å². The molecule has 0 bridgehead atoms. The van der Waals surface area contributed by atoms with Crippen LogP contribution in [0.2, 0.25) is 10.0 Å². The molecule has 148 valence electrons. The van der Waals surface area contributed by atoms with Crippen molar-refractivity contribution in [3.05, 3.63) is 106 Å². The van der Waals surface area contributed by atoms with Gasteiger partial charge < -0.3 is 5.41 Å². The van der Waals surface area contributed by atoms with Crippen molar-refractivity contribution in [3.63, 3.8) is 0 Å². The van der Waals surface area contributed by atoms with Crippen LogP contribution in [0.3, 0.4) is 0 Å². The van der Waals surface area contributed by atoms with Gasteiger partial charge in [0.2, 0.25) is 0 Å². The molecule has 0 heterocycles. The van der Waals surface area contributed by atoms with E-state index in [1.165, 1.54) is 0 Å². The van der Waals surface area contributed by atoms with Crippen LogP contribution in [0, 0.1) is 22.7 Å². The first-order chi connectivity index (χ1) is 14.5. The van der Waals surface area contributed by atoms with Crippen molar-refractivity contribution < 1.29 is 4.79 Å². The average Bonchev–Trinajstić information content (AvgIpc) is 2.75. The Labute approximate surface area is 185 Å². The third kappa shape index (κ3) is 3.54. The van der Waals surface area contributed by atoms with Crippen molar-refractivity contribution in [2.24, 2.45) is 5.92 Å². The van der Waals surface area contributed by atoms with Gasteiger partial charge in [-0.1, -0.05) is 89.9 Å². The number of hydrogen-bond donors (Lipinski definition) is 1. The number of rotatable bonds is 3. The van der Waals surface area contributed by atoms with Crippen molar-refractivity contribution in [3.8, 4) is 6.07 Å². The van der Waals surface area contributed by atoms with Gasteiger partial charge in [-0.3, -0.25) is 4.79 Å². The Morgan fingerprint density at radius 2 is 1.47 bits per heavy atom. The van der Waals surface area contributed by atoms with Gasteiger partial charge in [-0.25, -0.2) is 0 Å². The molecule has 1 fully saturated rings. The zero-order chi connectivity index (χ0) is 21.3. The van der Waals surface area contributed by atoms with Gasteiger partial charge >= 0.3 is 0 Å². The normalized spacial score (nSPS) is 23.8. The highest BCUT2D eigenvalue weighted by molar-refractivity contribution is 6.35. The van der Waals surface area contributed by atoms with E-state index >= 15 is 0 Å².